The molecule has 0 saturated carbocycles. The summed E-state index contributed by atoms with van der Waals surface area (Å²) in [6, 6.07) is 5.43. The molecule has 18 heavy (non-hydrogen) atoms. The lowest BCUT2D eigenvalue weighted by atomic mass is 10.1. The van der Waals surface area contributed by atoms with Crippen LogP contribution in [0.5, 0.6) is 0 Å². The zero-order chi connectivity index (χ0) is 13.1. The topological polar surface area (TPSA) is 67.2 Å². The first-order valence-corrected chi connectivity index (χ1v) is 5.31. The fourth-order valence-electron chi connectivity index (χ4n) is 1.59. The van der Waals surface area contributed by atoms with E-state index in [-0.39, 0.29) is 5.56 Å². The van der Waals surface area contributed by atoms with Crippen LogP contribution in [0.15, 0.2) is 30.5 Å². The summed E-state index contributed by atoms with van der Waals surface area (Å²) in [5, 5.41) is 16.0. The Hall–Kier alpha value is -2.37. The molecule has 94 valence electrons. The summed E-state index contributed by atoms with van der Waals surface area (Å²) in [7, 11) is 1.80. The van der Waals surface area contributed by atoms with Crippen molar-refractivity contribution in [2.45, 2.75) is 6.54 Å². The van der Waals surface area contributed by atoms with Crippen LogP contribution in [0.1, 0.15) is 16.1 Å². The van der Waals surface area contributed by atoms with Gasteiger partial charge in [-0.25, -0.2) is 9.18 Å². The molecule has 1 aromatic carbocycles. The molecule has 2 aromatic rings. The highest BCUT2D eigenvalue weighted by Gasteiger charge is 2.11. The smallest absolute Gasteiger partial charge is 0.337 e. The molecule has 2 N–H and O–H groups in total. The van der Waals surface area contributed by atoms with Crippen molar-refractivity contribution in [2.75, 3.05) is 5.32 Å². The number of benzene rings is 1. The molecule has 5 nitrogen and oxygen atoms in total. The van der Waals surface area contributed by atoms with E-state index in [2.05, 4.69) is 10.4 Å². The second-order valence-electron chi connectivity index (χ2n) is 3.83. The van der Waals surface area contributed by atoms with Gasteiger partial charge >= 0.3 is 5.97 Å². The third-order valence-electron chi connectivity index (χ3n) is 2.44. The molecule has 0 bridgehead atoms. The second-order valence-corrected chi connectivity index (χ2v) is 3.83. The van der Waals surface area contributed by atoms with Gasteiger partial charge in [0.15, 0.2) is 0 Å². The zero-order valence-corrected chi connectivity index (χ0v) is 9.72. The Morgan fingerprint density at radius 3 is 2.89 bits per heavy atom. The third-order valence-corrected chi connectivity index (χ3v) is 2.44. The van der Waals surface area contributed by atoms with Gasteiger partial charge in [-0.2, -0.15) is 5.10 Å². The Morgan fingerprint density at radius 2 is 2.28 bits per heavy atom. The highest BCUT2D eigenvalue weighted by Crippen LogP contribution is 2.17. The summed E-state index contributed by atoms with van der Waals surface area (Å²) >= 11 is 0. The highest BCUT2D eigenvalue weighted by atomic mass is 19.1. The fourth-order valence-corrected chi connectivity index (χ4v) is 1.59. The Balaban J connectivity index is 2.16. The number of aryl methyl sites for hydroxylation is 1. The molecule has 0 fully saturated rings. The van der Waals surface area contributed by atoms with Gasteiger partial charge in [0.2, 0.25) is 0 Å². The first-order chi connectivity index (χ1) is 8.56. The van der Waals surface area contributed by atoms with Gasteiger partial charge in [-0.15, -0.1) is 0 Å². The lowest BCUT2D eigenvalue weighted by Crippen LogP contribution is -2.07. The molecule has 0 amide bonds. The van der Waals surface area contributed by atoms with Gasteiger partial charge < -0.3 is 10.4 Å². The van der Waals surface area contributed by atoms with Crippen LogP contribution in [0.25, 0.3) is 0 Å². The van der Waals surface area contributed by atoms with Gasteiger partial charge in [0, 0.05) is 18.9 Å². The minimum atomic E-state index is -1.17. The number of halogens is 1. The molecule has 0 unspecified atom stereocenters. The summed E-state index contributed by atoms with van der Waals surface area (Å²) in [6.07, 6.45) is 1.79. The van der Waals surface area contributed by atoms with Gasteiger partial charge in [0.05, 0.1) is 17.8 Å². The minimum Gasteiger partial charge on any atom is -0.478 e. The molecule has 0 saturated heterocycles. The number of carboxylic acid groups (broad SMARTS) is 1. The van der Waals surface area contributed by atoms with Crippen LogP contribution in [-0.4, -0.2) is 20.9 Å². The van der Waals surface area contributed by atoms with E-state index in [9.17, 15) is 9.18 Å². The Kier molecular flexibility index (Phi) is 3.27. The lowest BCUT2D eigenvalue weighted by molar-refractivity contribution is 0.0697. The molecule has 0 atom stereocenters. The van der Waals surface area contributed by atoms with Crippen LogP contribution in [0.4, 0.5) is 10.1 Å². The van der Waals surface area contributed by atoms with E-state index < -0.39 is 11.8 Å². The molecule has 1 heterocycles. The first kappa shape index (κ1) is 12.1. The van der Waals surface area contributed by atoms with E-state index in [1.165, 1.54) is 12.1 Å². The van der Waals surface area contributed by atoms with E-state index in [0.717, 1.165) is 11.8 Å². The predicted octanol–water partition coefficient (Wildman–Crippen LogP) is 1.87. The molecule has 0 aliphatic heterocycles. The molecular weight excluding hydrogens is 237 g/mol. The summed E-state index contributed by atoms with van der Waals surface area (Å²) in [5.41, 5.74) is 1.05. The molecule has 1 aromatic heterocycles. The largest absolute Gasteiger partial charge is 0.478 e. The fraction of sp³-hybridized carbons (Fsp3) is 0.167. The minimum absolute atomic E-state index is 0.0917. The zero-order valence-electron chi connectivity index (χ0n) is 9.72. The number of hydrogen-bond acceptors (Lipinski definition) is 3. The van der Waals surface area contributed by atoms with Crippen molar-refractivity contribution >= 4 is 11.7 Å². The molecule has 2 rings (SSSR count). The number of anilines is 1. The normalized spacial score (nSPS) is 10.3. The maximum absolute atomic E-state index is 13.0. The van der Waals surface area contributed by atoms with Crippen molar-refractivity contribution in [3.8, 4) is 0 Å². The van der Waals surface area contributed by atoms with E-state index in [1.54, 1.807) is 17.9 Å². The van der Waals surface area contributed by atoms with E-state index >= 15 is 0 Å². The van der Waals surface area contributed by atoms with Crippen LogP contribution >= 0.6 is 0 Å². The van der Waals surface area contributed by atoms with Crippen molar-refractivity contribution in [2.24, 2.45) is 7.05 Å². The molecule has 0 radical (unpaired) electrons. The van der Waals surface area contributed by atoms with Crippen LogP contribution in [0.2, 0.25) is 0 Å². The Morgan fingerprint density at radius 1 is 1.50 bits per heavy atom. The molecule has 0 spiro atoms. The molecule has 0 aliphatic carbocycles. The van der Waals surface area contributed by atoms with Crippen LogP contribution in [0.3, 0.4) is 0 Å². The van der Waals surface area contributed by atoms with Gasteiger partial charge in [0.1, 0.15) is 5.82 Å². The van der Waals surface area contributed by atoms with Gasteiger partial charge in [-0.05, 0) is 24.3 Å². The molecule has 6 heteroatoms. The maximum Gasteiger partial charge on any atom is 0.337 e. The monoisotopic (exact) mass is 249 g/mol. The number of hydrogen-bond donors (Lipinski definition) is 2. The molecule has 0 aliphatic rings. The number of nitrogens with zero attached hydrogens (tertiary/aromatic N) is 2. The average molecular weight is 249 g/mol. The third kappa shape index (κ3) is 2.65. The number of carbonyl (C=O) groups is 1. The highest BCUT2D eigenvalue weighted by molar-refractivity contribution is 5.94. The number of aromatic nitrogens is 2. The predicted molar refractivity (Wildman–Crippen MR) is 63.9 cm³/mol. The first-order valence-electron chi connectivity index (χ1n) is 5.31. The van der Waals surface area contributed by atoms with Crippen LogP contribution in [-0.2, 0) is 13.6 Å². The van der Waals surface area contributed by atoms with Gasteiger partial charge in [0.25, 0.3) is 0 Å². The number of carboxylic acids is 1. The van der Waals surface area contributed by atoms with Crippen molar-refractivity contribution in [3.63, 3.8) is 0 Å². The van der Waals surface area contributed by atoms with Crippen LogP contribution < -0.4 is 5.32 Å². The maximum atomic E-state index is 13.0. The van der Waals surface area contributed by atoms with Crippen molar-refractivity contribution in [3.05, 3.63) is 47.5 Å². The second kappa shape index (κ2) is 4.87. The quantitative estimate of drug-likeness (QED) is 0.868. The summed E-state index contributed by atoms with van der Waals surface area (Å²) in [5.74, 6) is -1.74. The molecular formula is C12H12FN3O2. The summed E-state index contributed by atoms with van der Waals surface area (Å²) in [6.45, 7) is 0.382. The number of aromatic carboxylic acids is 1. The number of rotatable bonds is 4. The van der Waals surface area contributed by atoms with Crippen molar-refractivity contribution in [1.82, 2.24) is 9.78 Å². The van der Waals surface area contributed by atoms with Crippen LogP contribution in [0, 0.1) is 5.82 Å². The lowest BCUT2D eigenvalue weighted by Gasteiger charge is -2.08. The standard InChI is InChI=1S/C12H12FN3O2/c1-16-5-4-9(15-16)7-14-11-3-2-8(13)6-10(11)12(17)18/h2-6,14H,7H2,1H3,(H,17,18). The summed E-state index contributed by atoms with van der Waals surface area (Å²) < 4.78 is 14.6. The Labute approximate surface area is 103 Å². The Bertz CT molecular complexity index is 580. The van der Waals surface area contributed by atoms with Crippen molar-refractivity contribution in [1.29, 1.82) is 0 Å². The van der Waals surface area contributed by atoms with Gasteiger partial charge in [-0.3, -0.25) is 4.68 Å². The SMILES string of the molecule is Cn1ccc(CNc2ccc(F)cc2C(=O)O)n1. The van der Waals surface area contributed by atoms with E-state index in [1.807, 2.05) is 6.07 Å². The summed E-state index contributed by atoms with van der Waals surface area (Å²) in [4.78, 5) is 11.0. The van der Waals surface area contributed by atoms with Crippen molar-refractivity contribution < 1.29 is 14.3 Å². The average Bonchev–Trinajstić information content (AvgIpc) is 2.73. The van der Waals surface area contributed by atoms with E-state index in [4.69, 9.17) is 5.11 Å². The van der Waals surface area contributed by atoms with E-state index in [0.29, 0.717) is 12.2 Å². The van der Waals surface area contributed by atoms with Gasteiger partial charge in [-0.1, -0.05) is 0 Å². The number of nitrogens with one attached hydrogen (secondary N) is 1.